The molecule has 19 heavy (non-hydrogen) atoms. The molecule has 0 aromatic carbocycles. The molecule has 110 valence electrons. The highest BCUT2D eigenvalue weighted by atomic mass is 35.5. The number of hydrogen-bond donors (Lipinski definition) is 3. The van der Waals surface area contributed by atoms with Gasteiger partial charge in [-0.3, -0.25) is 9.69 Å². The molecular weight excluding hydrogens is 270 g/mol. The van der Waals surface area contributed by atoms with Gasteiger partial charge in [0, 0.05) is 12.8 Å². The van der Waals surface area contributed by atoms with Gasteiger partial charge in [0.05, 0.1) is 19.6 Å². The summed E-state index contributed by atoms with van der Waals surface area (Å²) in [6.07, 6.45) is 1.75. The fraction of sp³-hybridized carbons (Fsp3) is 0.833. The molecule has 0 saturated carbocycles. The van der Waals surface area contributed by atoms with Gasteiger partial charge in [0.2, 0.25) is 0 Å². The highest BCUT2D eigenvalue weighted by Gasteiger charge is 2.44. The van der Waals surface area contributed by atoms with Crippen LogP contribution in [0.15, 0.2) is 0 Å². The van der Waals surface area contributed by atoms with E-state index in [1.807, 2.05) is 0 Å². The molecule has 0 spiro atoms. The normalized spacial score (nSPS) is 24.3. The number of amides is 3. The minimum Gasteiger partial charge on any atom is -1.00 e. The molecule has 0 aromatic rings. The van der Waals surface area contributed by atoms with Gasteiger partial charge < -0.3 is 27.7 Å². The molecule has 0 aliphatic carbocycles. The molecule has 3 amide bonds. The van der Waals surface area contributed by atoms with Gasteiger partial charge in [-0.25, -0.2) is 4.79 Å². The van der Waals surface area contributed by atoms with Crippen LogP contribution in [0.1, 0.15) is 26.7 Å². The quantitative estimate of drug-likeness (QED) is 0.456. The number of quaternary nitrogens is 1. The van der Waals surface area contributed by atoms with Gasteiger partial charge in [-0.2, -0.15) is 0 Å². The Balaban J connectivity index is 0.00000180. The molecular formula is C12H22ClN3O3. The van der Waals surface area contributed by atoms with Crippen LogP contribution in [0, 0.1) is 0 Å². The first-order valence-electron chi connectivity index (χ1n) is 6.56. The van der Waals surface area contributed by atoms with Crippen molar-refractivity contribution in [2.45, 2.75) is 38.3 Å². The molecule has 0 bridgehead atoms. The number of likely N-dealkylation sites (tertiary alicyclic amines) is 1. The van der Waals surface area contributed by atoms with E-state index < -0.39 is 17.7 Å². The zero-order valence-corrected chi connectivity index (χ0v) is 12.2. The molecule has 0 radical (unpaired) electrons. The van der Waals surface area contributed by atoms with Crippen LogP contribution in [0.3, 0.4) is 0 Å². The van der Waals surface area contributed by atoms with Crippen molar-refractivity contribution in [3.05, 3.63) is 0 Å². The number of imide groups is 1. The molecule has 3 N–H and O–H groups in total. The van der Waals surface area contributed by atoms with Gasteiger partial charge in [0.15, 0.2) is 0 Å². The lowest BCUT2D eigenvalue weighted by atomic mass is 10.1. The van der Waals surface area contributed by atoms with E-state index in [9.17, 15) is 14.7 Å². The van der Waals surface area contributed by atoms with Gasteiger partial charge in [0.1, 0.15) is 18.2 Å². The van der Waals surface area contributed by atoms with E-state index in [2.05, 4.69) is 5.32 Å². The number of carbonyl (C=O) groups excluding carboxylic acids is 2. The molecule has 6 nitrogen and oxygen atoms in total. The van der Waals surface area contributed by atoms with Crippen molar-refractivity contribution in [3.8, 4) is 0 Å². The minimum absolute atomic E-state index is 0. The van der Waals surface area contributed by atoms with Crippen molar-refractivity contribution in [2.75, 3.05) is 26.2 Å². The van der Waals surface area contributed by atoms with Crippen LogP contribution in [0.4, 0.5) is 4.79 Å². The molecule has 2 fully saturated rings. The topological polar surface area (TPSA) is 74.1 Å². The Labute approximate surface area is 119 Å². The van der Waals surface area contributed by atoms with Crippen LogP contribution >= 0.6 is 0 Å². The Morgan fingerprint density at radius 1 is 1.37 bits per heavy atom. The van der Waals surface area contributed by atoms with Crippen LogP contribution in [-0.4, -0.2) is 59.8 Å². The van der Waals surface area contributed by atoms with Crippen molar-refractivity contribution in [1.29, 1.82) is 0 Å². The van der Waals surface area contributed by atoms with Gasteiger partial charge in [-0.15, -0.1) is 0 Å². The summed E-state index contributed by atoms with van der Waals surface area (Å²) >= 11 is 0. The molecule has 7 heteroatoms. The van der Waals surface area contributed by atoms with Crippen molar-refractivity contribution in [2.24, 2.45) is 0 Å². The average Bonchev–Trinajstić information content (AvgIpc) is 2.82. The summed E-state index contributed by atoms with van der Waals surface area (Å²) in [5.41, 5.74) is -0.850. The molecule has 2 aliphatic heterocycles. The summed E-state index contributed by atoms with van der Waals surface area (Å²) in [6.45, 7) is 6.19. The summed E-state index contributed by atoms with van der Waals surface area (Å²) in [6, 6.07) is -0.402. The molecule has 2 aliphatic rings. The average molecular weight is 292 g/mol. The van der Waals surface area contributed by atoms with Crippen molar-refractivity contribution in [1.82, 2.24) is 10.2 Å². The number of nitrogens with zero attached hydrogens (tertiary/aromatic N) is 1. The molecule has 1 atom stereocenters. The van der Waals surface area contributed by atoms with Crippen molar-refractivity contribution < 1.29 is 32.0 Å². The lowest BCUT2D eigenvalue weighted by molar-refractivity contribution is -0.890. The molecule has 2 rings (SSSR count). The number of carbonyl (C=O) groups is 2. The van der Waals surface area contributed by atoms with Crippen LogP contribution < -0.4 is 22.6 Å². The fourth-order valence-electron chi connectivity index (χ4n) is 2.67. The summed E-state index contributed by atoms with van der Waals surface area (Å²) in [7, 11) is 0. The second-order valence-electron chi connectivity index (χ2n) is 5.79. The highest BCUT2D eigenvalue weighted by molar-refractivity contribution is 6.06. The predicted molar refractivity (Wildman–Crippen MR) is 65.1 cm³/mol. The Bertz CT molecular complexity index is 356. The van der Waals surface area contributed by atoms with E-state index >= 15 is 0 Å². The van der Waals surface area contributed by atoms with Crippen LogP contribution in [0.2, 0.25) is 0 Å². The number of urea groups is 1. The number of halogens is 1. The van der Waals surface area contributed by atoms with E-state index in [4.69, 9.17) is 0 Å². The second kappa shape index (κ2) is 6.07. The zero-order chi connectivity index (χ0) is 13.3. The van der Waals surface area contributed by atoms with E-state index in [0.717, 1.165) is 18.0 Å². The van der Waals surface area contributed by atoms with E-state index in [1.54, 1.807) is 13.8 Å². The first-order chi connectivity index (χ1) is 8.40. The lowest BCUT2D eigenvalue weighted by Crippen LogP contribution is -3.11. The van der Waals surface area contributed by atoms with Gasteiger partial charge in [-0.1, -0.05) is 0 Å². The number of aliphatic hydroxyl groups excluding tert-OH is 1. The third kappa shape index (κ3) is 3.58. The smallest absolute Gasteiger partial charge is 0.325 e. The Morgan fingerprint density at radius 2 is 1.95 bits per heavy atom. The largest absolute Gasteiger partial charge is 1.00 e. The third-order valence-corrected chi connectivity index (χ3v) is 3.67. The van der Waals surface area contributed by atoms with Crippen molar-refractivity contribution in [3.63, 3.8) is 0 Å². The number of nitrogens with one attached hydrogen (secondary N) is 2. The third-order valence-electron chi connectivity index (χ3n) is 3.67. The summed E-state index contributed by atoms with van der Waals surface area (Å²) in [4.78, 5) is 26.1. The van der Waals surface area contributed by atoms with E-state index in [0.29, 0.717) is 6.54 Å². The Kier molecular flexibility index (Phi) is 5.18. The fourth-order valence-corrected chi connectivity index (χ4v) is 2.67. The minimum atomic E-state index is -0.850. The highest BCUT2D eigenvalue weighted by Crippen LogP contribution is 2.16. The lowest BCUT2D eigenvalue weighted by Gasteiger charge is -2.21. The molecule has 0 aromatic heterocycles. The monoisotopic (exact) mass is 291 g/mol. The van der Waals surface area contributed by atoms with Crippen LogP contribution in [-0.2, 0) is 4.79 Å². The molecule has 1 unspecified atom stereocenters. The Hall–Kier alpha value is -0.850. The Morgan fingerprint density at radius 3 is 2.42 bits per heavy atom. The number of β-amino-alcohol motifs (C(OH)–C–C–N with tert-alkyl or cyclic N) is 1. The molecule has 2 saturated heterocycles. The molecule has 2 heterocycles. The maximum atomic E-state index is 11.9. The van der Waals surface area contributed by atoms with Crippen molar-refractivity contribution >= 4 is 11.9 Å². The van der Waals surface area contributed by atoms with Gasteiger partial charge in [-0.05, 0) is 13.8 Å². The number of rotatable bonds is 4. The van der Waals surface area contributed by atoms with E-state index in [-0.39, 0.29) is 24.9 Å². The first-order valence-corrected chi connectivity index (χ1v) is 6.56. The van der Waals surface area contributed by atoms with E-state index in [1.165, 1.54) is 17.7 Å². The van der Waals surface area contributed by atoms with Crippen LogP contribution in [0.25, 0.3) is 0 Å². The first kappa shape index (κ1) is 16.2. The maximum Gasteiger partial charge on any atom is 0.325 e. The SMILES string of the molecule is CC1(C)NC(=O)N(CC(O)C[NH+]2CCCC2)C1=O.[Cl-]. The second-order valence-corrected chi connectivity index (χ2v) is 5.79. The summed E-state index contributed by atoms with van der Waals surface area (Å²) in [5, 5.41) is 12.6. The predicted octanol–water partition coefficient (Wildman–Crippen LogP) is -4.64. The van der Waals surface area contributed by atoms with Gasteiger partial charge >= 0.3 is 6.03 Å². The summed E-state index contributed by atoms with van der Waals surface area (Å²) < 4.78 is 0. The standard InChI is InChI=1S/C12H21N3O3.ClH/c1-12(2)10(17)15(11(18)13-12)8-9(16)7-14-5-3-4-6-14;/h9,16H,3-8H2,1-2H3,(H,13,18);1H. The number of aliphatic hydroxyl groups is 1. The van der Waals surface area contributed by atoms with Crippen LogP contribution in [0.5, 0.6) is 0 Å². The summed E-state index contributed by atoms with van der Waals surface area (Å²) in [5.74, 6) is -0.261. The van der Waals surface area contributed by atoms with Gasteiger partial charge in [0.25, 0.3) is 5.91 Å². The zero-order valence-electron chi connectivity index (χ0n) is 11.4. The maximum absolute atomic E-state index is 11.9. The number of hydrogen-bond acceptors (Lipinski definition) is 3.